The average molecular weight is 355 g/mol. The molecule has 0 atom stereocenters. The van der Waals surface area contributed by atoms with Crippen LogP contribution in [0.25, 0.3) is 0 Å². The van der Waals surface area contributed by atoms with Gasteiger partial charge in [0.15, 0.2) is 0 Å². The fraction of sp³-hybridized carbons (Fsp3) is 0.300. The van der Waals surface area contributed by atoms with E-state index in [1.807, 2.05) is 26.8 Å². The molecule has 0 fully saturated rings. The van der Waals surface area contributed by atoms with Crippen molar-refractivity contribution in [3.63, 3.8) is 0 Å². The van der Waals surface area contributed by atoms with E-state index >= 15 is 0 Å². The second-order valence-corrected chi connectivity index (χ2v) is 7.35. The Labute approximate surface area is 152 Å². The van der Waals surface area contributed by atoms with Crippen molar-refractivity contribution in [1.82, 2.24) is 5.32 Å². The van der Waals surface area contributed by atoms with Gasteiger partial charge in [0.05, 0.1) is 0 Å². The molecule has 3 amide bonds. The van der Waals surface area contributed by atoms with E-state index in [0.717, 1.165) is 11.3 Å². The van der Waals surface area contributed by atoms with Crippen LogP contribution in [0.4, 0.5) is 20.6 Å². The van der Waals surface area contributed by atoms with E-state index in [1.165, 1.54) is 24.3 Å². The second-order valence-electron chi connectivity index (χ2n) is 7.35. The summed E-state index contributed by atoms with van der Waals surface area (Å²) >= 11 is 0. The van der Waals surface area contributed by atoms with E-state index in [-0.39, 0.29) is 23.3 Å². The highest BCUT2D eigenvalue weighted by Crippen LogP contribution is 2.31. The summed E-state index contributed by atoms with van der Waals surface area (Å²) in [6.07, 6.45) is 0.611. The van der Waals surface area contributed by atoms with Gasteiger partial charge in [-0.05, 0) is 69.2 Å². The van der Waals surface area contributed by atoms with Crippen LogP contribution in [0.1, 0.15) is 36.7 Å². The number of amides is 3. The minimum absolute atomic E-state index is 0.143. The summed E-state index contributed by atoms with van der Waals surface area (Å²) in [5, 5.41) is 5.72. The van der Waals surface area contributed by atoms with Crippen LogP contribution in [0.15, 0.2) is 42.5 Å². The van der Waals surface area contributed by atoms with Crippen molar-refractivity contribution in [1.29, 1.82) is 0 Å². The van der Waals surface area contributed by atoms with E-state index in [1.54, 1.807) is 17.0 Å². The zero-order chi connectivity index (χ0) is 18.9. The van der Waals surface area contributed by atoms with Crippen molar-refractivity contribution in [2.75, 3.05) is 16.8 Å². The Kier molecular flexibility index (Phi) is 4.68. The Balaban J connectivity index is 1.81. The third-order valence-corrected chi connectivity index (χ3v) is 4.10. The number of hydrogen-bond donors (Lipinski definition) is 2. The van der Waals surface area contributed by atoms with Gasteiger partial charge in [-0.2, -0.15) is 0 Å². The number of carbonyl (C=O) groups excluding carboxylic acids is 2. The number of fused-ring (bicyclic) bond motifs is 1. The maximum Gasteiger partial charge on any atom is 0.326 e. The Bertz CT molecular complexity index is 841. The Morgan fingerprint density at radius 1 is 1.08 bits per heavy atom. The molecule has 6 heteroatoms. The fourth-order valence-electron chi connectivity index (χ4n) is 2.99. The van der Waals surface area contributed by atoms with Crippen molar-refractivity contribution >= 4 is 23.3 Å². The number of rotatable bonds is 2. The molecule has 0 aromatic heterocycles. The van der Waals surface area contributed by atoms with Crippen molar-refractivity contribution in [3.8, 4) is 0 Å². The number of benzene rings is 2. The lowest BCUT2D eigenvalue weighted by Crippen LogP contribution is -2.40. The molecule has 0 radical (unpaired) electrons. The molecule has 0 saturated heterocycles. The number of nitrogens with zero attached hydrogens (tertiary/aromatic N) is 1. The van der Waals surface area contributed by atoms with Gasteiger partial charge in [-0.15, -0.1) is 0 Å². The fourth-order valence-corrected chi connectivity index (χ4v) is 2.99. The summed E-state index contributed by atoms with van der Waals surface area (Å²) in [6, 6.07) is 10.7. The third-order valence-electron chi connectivity index (χ3n) is 4.10. The normalized spacial score (nSPS) is 13.3. The molecule has 1 heterocycles. The molecule has 5 nitrogen and oxygen atoms in total. The van der Waals surface area contributed by atoms with E-state index in [4.69, 9.17) is 0 Å². The number of urea groups is 1. The van der Waals surface area contributed by atoms with Crippen LogP contribution in [-0.2, 0) is 6.42 Å². The summed E-state index contributed by atoms with van der Waals surface area (Å²) < 4.78 is 13.0. The summed E-state index contributed by atoms with van der Waals surface area (Å²) in [5.74, 6) is -0.501. The molecule has 1 aliphatic heterocycles. The highest BCUT2D eigenvalue weighted by molar-refractivity contribution is 6.05. The molecule has 26 heavy (non-hydrogen) atoms. The molecule has 0 bridgehead atoms. The first kappa shape index (κ1) is 17.9. The molecule has 0 unspecified atom stereocenters. The van der Waals surface area contributed by atoms with Crippen LogP contribution in [0.3, 0.4) is 0 Å². The number of halogens is 1. The van der Waals surface area contributed by atoms with Crippen molar-refractivity contribution < 1.29 is 14.0 Å². The summed E-state index contributed by atoms with van der Waals surface area (Å²) in [5.41, 5.74) is 2.37. The van der Waals surface area contributed by atoms with E-state index in [2.05, 4.69) is 10.6 Å². The lowest BCUT2D eigenvalue weighted by atomic mass is 10.0. The summed E-state index contributed by atoms with van der Waals surface area (Å²) in [7, 11) is 0. The third kappa shape index (κ3) is 3.85. The molecular formula is C20H22FN3O2. The van der Waals surface area contributed by atoms with Gasteiger partial charge in [-0.1, -0.05) is 6.07 Å². The quantitative estimate of drug-likeness (QED) is 0.857. The first-order valence-corrected chi connectivity index (χ1v) is 8.53. The van der Waals surface area contributed by atoms with Gasteiger partial charge < -0.3 is 10.6 Å². The van der Waals surface area contributed by atoms with E-state index in [0.29, 0.717) is 24.2 Å². The zero-order valence-corrected chi connectivity index (χ0v) is 15.1. The molecule has 0 spiro atoms. The monoisotopic (exact) mass is 355 g/mol. The maximum atomic E-state index is 13.0. The molecular weight excluding hydrogens is 333 g/mol. The van der Waals surface area contributed by atoms with Gasteiger partial charge >= 0.3 is 6.03 Å². The molecule has 1 aliphatic rings. The number of nitrogens with one attached hydrogen (secondary N) is 2. The largest absolute Gasteiger partial charge is 0.347 e. The standard InChI is InChI=1S/C20H22FN3O2/c1-20(2,3)23-18(25)16-5-4-6-17-15(16)11-12-24(17)19(26)22-14-9-7-13(21)8-10-14/h4-10H,11-12H2,1-3H3,(H,22,26)(H,23,25). The van der Waals surface area contributed by atoms with Crippen molar-refractivity contribution in [2.45, 2.75) is 32.7 Å². The van der Waals surface area contributed by atoms with Gasteiger partial charge in [-0.25, -0.2) is 9.18 Å². The first-order valence-electron chi connectivity index (χ1n) is 8.53. The van der Waals surface area contributed by atoms with Crippen LogP contribution in [0, 0.1) is 5.82 Å². The molecule has 136 valence electrons. The number of carbonyl (C=O) groups is 2. The summed E-state index contributed by atoms with van der Waals surface area (Å²) in [6.45, 7) is 6.27. The van der Waals surface area contributed by atoms with Gasteiger partial charge in [0.25, 0.3) is 5.91 Å². The van der Waals surface area contributed by atoms with E-state index in [9.17, 15) is 14.0 Å². The SMILES string of the molecule is CC(C)(C)NC(=O)c1cccc2c1CCN2C(=O)Nc1ccc(F)cc1. The van der Waals surface area contributed by atoms with Crippen LogP contribution >= 0.6 is 0 Å². The predicted molar refractivity (Wildman–Crippen MR) is 100 cm³/mol. The minimum Gasteiger partial charge on any atom is -0.347 e. The maximum absolute atomic E-state index is 13.0. The Morgan fingerprint density at radius 2 is 1.77 bits per heavy atom. The molecule has 2 aromatic rings. The van der Waals surface area contributed by atoms with Gasteiger partial charge in [0.2, 0.25) is 0 Å². The molecule has 0 aliphatic carbocycles. The molecule has 3 rings (SSSR count). The number of anilines is 2. The van der Waals surface area contributed by atoms with Crippen molar-refractivity contribution in [3.05, 3.63) is 59.4 Å². The highest BCUT2D eigenvalue weighted by Gasteiger charge is 2.29. The summed E-state index contributed by atoms with van der Waals surface area (Å²) in [4.78, 5) is 26.8. The zero-order valence-electron chi connectivity index (χ0n) is 15.1. The minimum atomic E-state index is -0.357. The van der Waals surface area contributed by atoms with Crippen LogP contribution < -0.4 is 15.5 Å². The lowest BCUT2D eigenvalue weighted by Gasteiger charge is -2.22. The van der Waals surface area contributed by atoms with Crippen LogP contribution in [0.2, 0.25) is 0 Å². The predicted octanol–water partition coefficient (Wildman–Crippen LogP) is 3.95. The Hall–Kier alpha value is -2.89. The lowest BCUT2D eigenvalue weighted by molar-refractivity contribution is 0.0918. The molecule has 2 aromatic carbocycles. The number of hydrogen-bond acceptors (Lipinski definition) is 2. The van der Waals surface area contributed by atoms with Crippen LogP contribution in [-0.4, -0.2) is 24.0 Å². The average Bonchev–Trinajstić information content (AvgIpc) is 2.99. The molecule has 2 N–H and O–H groups in total. The second kappa shape index (κ2) is 6.78. The highest BCUT2D eigenvalue weighted by atomic mass is 19.1. The molecule has 0 saturated carbocycles. The topological polar surface area (TPSA) is 61.4 Å². The van der Waals surface area contributed by atoms with E-state index < -0.39 is 0 Å². The Morgan fingerprint density at radius 3 is 2.42 bits per heavy atom. The van der Waals surface area contributed by atoms with Crippen LogP contribution in [0.5, 0.6) is 0 Å². The van der Waals surface area contributed by atoms with Gasteiger partial charge in [-0.3, -0.25) is 9.69 Å². The smallest absolute Gasteiger partial charge is 0.326 e. The first-order chi connectivity index (χ1) is 12.2. The van der Waals surface area contributed by atoms with Gasteiger partial charge in [0, 0.05) is 29.0 Å². The van der Waals surface area contributed by atoms with Crippen molar-refractivity contribution in [2.24, 2.45) is 0 Å². The van der Waals surface area contributed by atoms with Gasteiger partial charge in [0.1, 0.15) is 5.82 Å².